The van der Waals surface area contributed by atoms with Crippen molar-refractivity contribution in [1.82, 2.24) is 0 Å². The van der Waals surface area contributed by atoms with Gasteiger partial charge < -0.3 is 15.2 Å². The van der Waals surface area contributed by atoms with Crippen LogP contribution in [-0.4, -0.2) is 23.6 Å². The Kier molecular flexibility index (Phi) is 3.29. The van der Waals surface area contributed by atoms with Crippen molar-refractivity contribution < 1.29 is 23.8 Å². The van der Waals surface area contributed by atoms with Gasteiger partial charge in [0, 0.05) is 0 Å². The van der Waals surface area contributed by atoms with E-state index in [1.807, 2.05) is 0 Å². The van der Waals surface area contributed by atoms with Crippen molar-refractivity contribution in [3.8, 4) is 0 Å². The molecule has 0 bridgehead atoms. The maximum Gasteiger partial charge on any atom is 0.339 e. The van der Waals surface area contributed by atoms with E-state index in [1.165, 1.54) is 6.07 Å². The highest BCUT2D eigenvalue weighted by Gasteiger charge is 2.26. The lowest BCUT2D eigenvalue weighted by Gasteiger charge is -2.11. The maximum atomic E-state index is 13.7. The van der Waals surface area contributed by atoms with Gasteiger partial charge in [0.1, 0.15) is 5.82 Å². The fourth-order valence-electron chi connectivity index (χ4n) is 1.84. The number of anilines is 1. The van der Waals surface area contributed by atoms with Gasteiger partial charge in [-0.05, 0) is 30.2 Å². The van der Waals surface area contributed by atoms with Crippen molar-refractivity contribution in [2.45, 2.75) is 19.4 Å². The Bertz CT molecular complexity index is 515. The smallest absolute Gasteiger partial charge is 0.339 e. The molecule has 0 saturated carbocycles. The summed E-state index contributed by atoms with van der Waals surface area (Å²) < 4.78 is 18.3. The standard InChI is InChI=1S/C12H12FNO4/c1-2-18-12(17)11(16)7-3-6-5-9(15)14-10(6)8(13)4-7/h3-4,11,16H,2,5H2,1H3,(H,14,15). The molecule has 1 aliphatic rings. The largest absolute Gasteiger partial charge is 0.464 e. The van der Waals surface area contributed by atoms with E-state index < -0.39 is 17.9 Å². The molecule has 0 aromatic heterocycles. The Balaban J connectivity index is 2.31. The third kappa shape index (κ3) is 2.19. The quantitative estimate of drug-likeness (QED) is 0.785. The molecule has 18 heavy (non-hydrogen) atoms. The molecule has 1 aliphatic heterocycles. The predicted octanol–water partition coefficient (Wildman–Crippen LogP) is 0.917. The first-order valence-corrected chi connectivity index (χ1v) is 5.49. The molecule has 96 valence electrons. The van der Waals surface area contributed by atoms with Crippen molar-refractivity contribution in [3.63, 3.8) is 0 Å². The Labute approximate surface area is 103 Å². The number of aliphatic hydroxyl groups is 1. The lowest BCUT2D eigenvalue weighted by Crippen LogP contribution is -2.15. The number of aliphatic hydroxyl groups excluding tert-OH is 1. The number of carbonyl (C=O) groups is 2. The number of benzene rings is 1. The van der Waals surface area contributed by atoms with Gasteiger partial charge >= 0.3 is 5.97 Å². The van der Waals surface area contributed by atoms with E-state index in [9.17, 15) is 19.1 Å². The summed E-state index contributed by atoms with van der Waals surface area (Å²) in [5.41, 5.74) is 0.624. The number of halogens is 1. The third-order valence-corrected chi connectivity index (χ3v) is 2.64. The summed E-state index contributed by atoms with van der Waals surface area (Å²) in [6, 6.07) is 2.45. The summed E-state index contributed by atoms with van der Waals surface area (Å²) in [6.07, 6.45) is -1.50. The summed E-state index contributed by atoms with van der Waals surface area (Å²) in [7, 11) is 0. The molecule has 0 fully saturated rings. The number of amides is 1. The van der Waals surface area contributed by atoms with Crippen molar-refractivity contribution in [2.75, 3.05) is 11.9 Å². The maximum absolute atomic E-state index is 13.7. The average molecular weight is 253 g/mol. The highest BCUT2D eigenvalue weighted by atomic mass is 19.1. The van der Waals surface area contributed by atoms with Crippen LogP contribution in [0.2, 0.25) is 0 Å². The summed E-state index contributed by atoms with van der Waals surface area (Å²) in [4.78, 5) is 22.5. The molecule has 2 N–H and O–H groups in total. The van der Waals surface area contributed by atoms with E-state index in [2.05, 4.69) is 10.1 Å². The van der Waals surface area contributed by atoms with Crippen molar-refractivity contribution in [3.05, 3.63) is 29.1 Å². The number of carbonyl (C=O) groups excluding carboxylic acids is 2. The number of hydrogen-bond donors (Lipinski definition) is 2. The number of rotatable bonds is 3. The number of hydrogen-bond acceptors (Lipinski definition) is 4. The topological polar surface area (TPSA) is 75.6 Å². The van der Waals surface area contributed by atoms with Gasteiger partial charge in [0.2, 0.25) is 5.91 Å². The monoisotopic (exact) mass is 253 g/mol. The summed E-state index contributed by atoms with van der Waals surface area (Å²) in [5.74, 6) is -1.82. The van der Waals surface area contributed by atoms with Gasteiger partial charge in [0.05, 0.1) is 18.7 Å². The van der Waals surface area contributed by atoms with E-state index in [-0.39, 0.29) is 30.2 Å². The number of esters is 1. The number of nitrogens with one attached hydrogen (secondary N) is 1. The first-order valence-electron chi connectivity index (χ1n) is 5.49. The molecule has 0 saturated heterocycles. The SMILES string of the molecule is CCOC(=O)C(O)c1cc(F)c2c(c1)CC(=O)N2. The number of ether oxygens (including phenoxy) is 1. The van der Waals surface area contributed by atoms with E-state index in [0.717, 1.165) is 6.07 Å². The van der Waals surface area contributed by atoms with Gasteiger partial charge in [0.15, 0.2) is 6.10 Å². The molecule has 1 aromatic carbocycles. The third-order valence-electron chi connectivity index (χ3n) is 2.64. The predicted molar refractivity (Wildman–Crippen MR) is 60.3 cm³/mol. The van der Waals surface area contributed by atoms with Crippen LogP contribution in [-0.2, 0) is 20.7 Å². The second-order valence-corrected chi connectivity index (χ2v) is 3.92. The van der Waals surface area contributed by atoms with Crippen LogP contribution in [0.1, 0.15) is 24.2 Å². The first-order chi connectivity index (χ1) is 8.52. The van der Waals surface area contributed by atoms with Crippen LogP contribution >= 0.6 is 0 Å². The van der Waals surface area contributed by atoms with Gasteiger partial charge in [-0.3, -0.25) is 4.79 Å². The molecule has 0 spiro atoms. The molecule has 1 amide bonds. The Hall–Kier alpha value is -1.95. The van der Waals surface area contributed by atoms with Gasteiger partial charge in [-0.15, -0.1) is 0 Å². The van der Waals surface area contributed by atoms with Crippen LogP contribution in [0.25, 0.3) is 0 Å². The summed E-state index contributed by atoms with van der Waals surface area (Å²) in [5, 5.41) is 12.1. The molecule has 1 atom stereocenters. The normalized spacial score (nSPS) is 14.9. The van der Waals surface area contributed by atoms with Crippen LogP contribution in [0.5, 0.6) is 0 Å². The fraction of sp³-hybridized carbons (Fsp3) is 0.333. The van der Waals surface area contributed by atoms with Crippen molar-refractivity contribution in [1.29, 1.82) is 0 Å². The minimum Gasteiger partial charge on any atom is -0.464 e. The van der Waals surface area contributed by atoms with E-state index >= 15 is 0 Å². The second-order valence-electron chi connectivity index (χ2n) is 3.92. The number of fused-ring (bicyclic) bond motifs is 1. The zero-order valence-corrected chi connectivity index (χ0v) is 9.70. The minimum atomic E-state index is -1.54. The van der Waals surface area contributed by atoms with Gasteiger partial charge in [-0.25, -0.2) is 9.18 Å². The molecule has 1 aromatic rings. The summed E-state index contributed by atoms with van der Waals surface area (Å²) in [6.45, 7) is 1.74. The van der Waals surface area contributed by atoms with Gasteiger partial charge in [0.25, 0.3) is 0 Å². The molecule has 0 aliphatic carbocycles. The Morgan fingerprint density at radius 3 is 3.00 bits per heavy atom. The van der Waals surface area contributed by atoms with E-state index in [0.29, 0.717) is 5.56 Å². The first kappa shape index (κ1) is 12.5. The zero-order chi connectivity index (χ0) is 13.3. The highest BCUT2D eigenvalue weighted by molar-refractivity contribution is 5.99. The average Bonchev–Trinajstić information content (AvgIpc) is 2.69. The second kappa shape index (κ2) is 4.73. The highest BCUT2D eigenvalue weighted by Crippen LogP contribution is 2.30. The van der Waals surface area contributed by atoms with Crippen LogP contribution in [0.15, 0.2) is 12.1 Å². The van der Waals surface area contributed by atoms with Crippen LogP contribution < -0.4 is 5.32 Å². The lowest BCUT2D eigenvalue weighted by molar-refractivity contribution is -0.153. The molecular formula is C12H12FNO4. The molecular weight excluding hydrogens is 241 g/mol. The van der Waals surface area contributed by atoms with Crippen molar-refractivity contribution >= 4 is 17.6 Å². The molecule has 0 radical (unpaired) electrons. The molecule has 1 unspecified atom stereocenters. The van der Waals surface area contributed by atoms with E-state index in [4.69, 9.17) is 0 Å². The fourth-order valence-corrected chi connectivity index (χ4v) is 1.84. The Morgan fingerprint density at radius 2 is 2.33 bits per heavy atom. The van der Waals surface area contributed by atoms with Crippen molar-refractivity contribution in [2.24, 2.45) is 0 Å². The molecule has 5 nitrogen and oxygen atoms in total. The minimum absolute atomic E-state index is 0.0373. The molecule has 1 heterocycles. The van der Waals surface area contributed by atoms with E-state index in [1.54, 1.807) is 6.92 Å². The molecule has 2 rings (SSSR count). The van der Waals surface area contributed by atoms with Crippen LogP contribution in [0.4, 0.5) is 10.1 Å². The van der Waals surface area contributed by atoms with Crippen LogP contribution in [0, 0.1) is 5.82 Å². The lowest BCUT2D eigenvalue weighted by atomic mass is 10.0. The van der Waals surface area contributed by atoms with Gasteiger partial charge in [-0.2, -0.15) is 0 Å². The molecule has 6 heteroatoms. The summed E-state index contributed by atoms with van der Waals surface area (Å²) >= 11 is 0. The zero-order valence-electron chi connectivity index (χ0n) is 9.70. The van der Waals surface area contributed by atoms with Crippen LogP contribution in [0.3, 0.4) is 0 Å². The Morgan fingerprint density at radius 1 is 1.61 bits per heavy atom. The van der Waals surface area contributed by atoms with Gasteiger partial charge in [-0.1, -0.05) is 0 Å².